The average Bonchev–Trinajstić information content (AvgIpc) is 2.14. The maximum absolute atomic E-state index is 11.1. The Bertz CT molecular complexity index is 657. The number of rotatable bonds is 1. The van der Waals surface area contributed by atoms with Gasteiger partial charge < -0.3 is 0 Å². The third kappa shape index (κ3) is 1.94. The van der Waals surface area contributed by atoms with Crippen molar-refractivity contribution < 1.29 is 13.0 Å². The highest BCUT2D eigenvalue weighted by atomic mass is 32.2. The van der Waals surface area contributed by atoms with Gasteiger partial charge in [-0.1, -0.05) is 29.8 Å². The Labute approximate surface area is 94.5 Å². The van der Waals surface area contributed by atoms with E-state index in [9.17, 15) is 8.42 Å². The van der Waals surface area contributed by atoms with E-state index in [0.29, 0.717) is 5.56 Å². The maximum atomic E-state index is 11.1. The summed E-state index contributed by atoms with van der Waals surface area (Å²) < 4.78 is 31.3. The first kappa shape index (κ1) is 11.1. The minimum atomic E-state index is -4.14. The lowest BCUT2D eigenvalue weighted by molar-refractivity contribution is 0.482. The summed E-state index contributed by atoms with van der Waals surface area (Å²) in [4.78, 5) is -0.0242. The quantitative estimate of drug-likeness (QED) is 0.774. The van der Waals surface area contributed by atoms with E-state index in [4.69, 9.17) is 4.55 Å². The molecule has 0 aliphatic rings. The van der Waals surface area contributed by atoms with E-state index in [1.165, 1.54) is 6.07 Å². The Hall–Kier alpha value is -1.39. The van der Waals surface area contributed by atoms with Gasteiger partial charge in [0, 0.05) is 0 Å². The van der Waals surface area contributed by atoms with Gasteiger partial charge in [-0.2, -0.15) is 8.42 Å². The summed E-state index contributed by atoms with van der Waals surface area (Å²) in [7, 11) is -4.14. The van der Waals surface area contributed by atoms with Crippen LogP contribution in [0.1, 0.15) is 11.1 Å². The molecule has 0 heterocycles. The lowest BCUT2D eigenvalue weighted by Gasteiger charge is -2.06. The first-order chi connectivity index (χ1) is 7.38. The van der Waals surface area contributed by atoms with Crippen molar-refractivity contribution in [1.29, 1.82) is 0 Å². The molecule has 3 nitrogen and oxygen atoms in total. The fraction of sp³-hybridized carbons (Fsp3) is 0.167. The van der Waals surface area contributed by atoms with Gasteiger partial charge in [-0.25, -0.2) is 0 Å². The van der Waals surface area contributed by atoms with Gasteiger partial charge in [0.1, 0.15) is 0 Å². The van der Waals surface area contributed by atoms with Gasteiger partial charge in [0.15, 0.2) is 0 Å². The van der Waals surface area contributed by atoms with Gasteiger partial charge in [-0.05, 0) is 36.2 Å². The predicted octanol–water partition coefficient (Wildman–Crippen LogP) is 2.70. The molecule has 0 aromatic heterocycles. The van der Waals surface area contributed by atoms with Crippen LogP contribution in [-0.4, -0.2) is 13.0 Å². The van der Waals surface area contributed by atoms with Crippen LogP contribution in [0.15, 0.2) is 35.2 Å². The predicted molar refractivity (Wildman–Crippen MR) is 63.2 cm³/mol. The zero-order valence-corrected chi connectivity index (χ0v) is 9.88. The van der Waals surface area contributed by atoms with Crippen molar-refractivity contribution in [2.75, 3.05) is 0 Å². The number of benzene rings is 2. The van der Waals surface area contributed by atoms with E-state index >= 15 is 0 Å². The van der Waals surface area contributed by atoms with Crippen LogP contribution in [-0.2, 0) is 10.1 Å². The first-order valence-electron chi connectivity index (χ1n) is 4.86. The van der Waals surface area contributed by atoms with E-state index < -0.39 is 10.1 Å². The molecule has 0 atom stereocenters. The van der Waals surface area contributed by atoms with Crippen molar-refractivity contribution >= 4 is 20.9 Å². The average molecular weight is 236 g/mol. The van der Waals surface area contributed by atoms with E-state index in [0.717, 1.165) is 16.3 Å². The zero-order chi connectivity index (χ0) is 11.9. The van der Waals surface area contributed by atoms with Crippen LogP contribution in [0.25, 0.3) is 10.8 Å². The Balaban J connectivity index is 2.83. The van der Waals surface area contributed by atoms with Gasteiger partial charge in [-0.3, -0.25) is 4.55 Å². The molecular formula is C12H12O3S. The molecule has 16 heavy (non-hydrogen) atoms. The van der Waals surface area contributed by atoms with Gasteiger partial charge in [0.2, 0.25) is 0 Å². The second kappa shape index (κ2) is 3.57. The fourth-order valence-electron chi connectivity index (χ4n) is 1.79. The summed E-state index contributed by atoms with van der Waals surface area (Å²) in [6, 6.07) is 9.01. The number of aryl methyl sites for hydroxylation is 2. The molecule has 0 fully saturated rings. The SMILES string of the molecule is Cc1ccc2cc(S(=O)(=O)O)c(C)cc2c1. The molecule has 0 bridgehead atoms. The lowest BCUT2D eigenvalue weighted by Crippen LogP contribution is -2.00. The zero-order valence-electron chi connectivity index (χ0n) is 9.06. The van der Waals surface area contributed by atoms with Crippen LogP contribution >= 0.6 is 0 Å². The summed E-state index contributed by atoms with van der Waals surface area (Å²) >= 11 is 0. The number of hydrogen-bond donors (Lipinski definition) is 1. The minimum absolute atomic E-state index is 0.0242. The van der Waals surface area contributed by atoms with Crippen LogP contribution in [0, 0.1) is 13.8 Å². The third-order valence-corrected chi connectivity index (χ3v) is 3.56. The Morgan fingerprint density at radius 1 is 1.00 bits per heavy atom. The van der Waals surface area contributed by atoms with Crippen molar-refractivity contribution in [3.8, 4) is 0 Å². The van der Waals surface area contributed by atoms with E-state index in [-0.39, 0.29) is 4.90 Å². The summed E-state index contributed by atoms with van der Waals surface area (Å²) in [5, 5.41) is 1.79. The maximum Gasteiger partial charge on any atom is 0.294 e. The van der Waals surface area contributed by atoms with Crippen molar-refractivity contribution in [2.24, 2.45) is 0 Å². The molecule has 0 spiro atoms. The molecule has 0 aliphatic heterocycles. The van der Waals surface area contributed by atoms with Crippen LogP contribution in [0.4, 0.5) is 0 Å². The summed E-state index contributed by atoms with van der Waals surface area (Å²) in [6.07, 6.45) is 0. The Morgan fingerprint density at radius 2 is 1.69 bits per heavy atom. The third-order valence-electron chi connectivity index (χ3n) is 2.57. The molecule has 84 valence electrons. The van der Waals surface area contributed by atoms with E-state index in [2.05, 4.69) is 0 Å². The minimum Gasteiger partial charge on any atom is -0.282 e. The van der Waals surface area contributed by atoms with Crippen molar-refractivity contribution in [2.45, 2.75) is 18.7 Å². The molecule has 2 aromatic carbocycles. The number of fused-ring (bicyclic) bond motifs is 1. The highest BCUT2D eigenvalue weighted by Gasteiger charge is 2.13. The molecule has 0 radical (unpaired) electrons. The molecular weight excluding hydrogens is 224 g/mol. The topological polar surface area (TPSA) is 54.4 Å². The highest BCUT2D eigenvalue weighted by molar-refractivity contribution is 7.85. The molecule has 1 N–H and O–H groups in total. The van der Waals surface area contributed by atoms with Crippen molar-refractivity contribution in [3.05, 3.63) is 41.5 Å². The summed E-state index contributed by atoms with van der Waals surface area (Å²) in [5.74, 6) is 0. The Morgan fingerprint density at radius 3 is 2.31 bits per heavy atom. The monoisotopic (exact) mass is 236 g/mol. The fourth-order valence-corrected chi connectivity index (χ4v) is 2.53. The highest BCUT2D eigenvalue weighted by Crippen LogP contribution is 2.23. The van der Waals surface area contributed by atoms with Crippen LogP contribution in [0.2, 0.25) is 0 Å². The van der Waals surface area contributed by atoms with Crippen LogP contribution in [0.3, 0.4) is 0 Å². The number of hydrogen-bond acceptors (Lipinski definition) is 2. The smallest absolute Gasteiger partial charge is 0.282 e. The molecule has 2 aromatic rings. The second-order valence-electron chi connectivity index (χ2n) is 3.94. The molecule has 2 rings (SSSR count). The van der Waals surface area contributed by atoms with Crippen molar-refractivity contribution in [3.63, 3.8) is 0 Å². The normalized spacial score (nSPS) is 11.9. The van der Waals surface area contributed by atoms with Crippen LogP contribution < -0.4 is 0 Å². The standard InChI is InChI=1S/C12H12O3S/c1-8-3-4-10-7-12(16(13,14)15)9(2)6-11(10)5-8/h3-7H,1-2H3,(H,13,14,15). The van der Waals surface area contributed by atoms with Gasteiger partial charge in [-0.15, -0.1) is 0 Å². The van der Waals surface area contributed by atoms with E-state index in [1.54, 1.807) is 13.0 Å². The Kier molecular flexibility index (Phi) is 2.48. The lowest BCUT2D eigenvalue weighted by atomic mass is 10.1. The summed E-state index contributed by atoms with van der Waals surface area (Å²) in [6.45, 7) is 3.65. The summed E-state index contributed by atoms with van der Waals surface area (Å²) in [5.41, 5.74) is 1.67. The molecule has 4 heteroatoms. The molecule has 0 saturated heterocycles. The second-order valence-corrected chi connectivity index (χ2v) is 5.33. The molecule has 0 aliphatic carbocycles. The largest absolute Gasteiger partial charge is 0.294 e. The van der Waals surface area contributed by atoms with Gasteiger partial charge in [0.05, 0.1) is 4.90 Å². The molecule has 0 unspecified atom stereocenters. The van der Waals surface area contributed by atoms with Gasteiger partial charge in [0.25, 0.3) is 10.1 Å². The molecule has 0 amide bonds. The van der Waals surface area contributed by atoms with Crippen LogP contribution in [0.5, 0.6) is 0 Å². The van der Waals surface area contributed by atoms with E-state index in [1.807, 2.05) is 25.1 Å². The van der Waals surface area contributed by atoms with Gasteiger partial charge >= 0.3 is 0 Å². The van der Waals surface area contributed by atoms with Crippen molar-refractivity contribution in [1.82, 2.24) is 0 Å². The first-order valence-corrected chi connectivity index (χ1v) is 6.30. The molecule has 0 saturated carbocycles.